The lowest BCUT2D eigenvalue weighted by Gasteiger charge is -2.13. The van der Waals surface area contributed by atoms with Gasteiger partial charge in [0.1, 0.15) is 11.6 Å². The number of halogens is 1. The molecule has 3 aromatic rings. The normalized spacial score (nSPS) is 11.3. The van der Waals surface area contributed by atoms with Crippen LogP contribution in [0.25, 0.3) is 5.82 Å². The molecule has 1 amide bonds. The number of benzene rings is 1. The fraction of sp³-hybridized carbons (Fsp3) is 0.250. The van der Waals surface area contributed by atoms with E-state index in [4.69, 9.17) is 4.74 Å². The summed E-state index contributed by atoms with van der Waals surface area (Å²) in [6, 6.07) is 14.7. The molecule has 140 valence electrons. The SMILES string of the molecule is CC(C)(C)c1cc(NC(=O)COc2ccc(Br)cc2)n(-c2ccccn2)n1. The highest BCUT2D eigenvalue weighted by Gasteiger charge is 2.22. The van der Waals surface area contributed by atoms with Gasteiger partial charge in [-0.15, -0.1) is 0 Å². The maximum Gasteiger partial charge on any atom is 0.263 e. The van der Waals surface area contributed by atoms with E-state index in [0.717, 1.165) is 10.2 Å². The zero-order valence-corrected chi connectivity index (χ0v) is 17.0. The number of nitrogens with zero attached hydrogens (tertiary/aromatic N) is 3. The maximum absolute atomic E-state index is 12.4. The van der Waals surface area contributed by atoms with E-state index in [2.05, 4.69) is 52.1 Å². The van der Waals surface area contributed by atoms with Gasteiger partial charge in [-0.2, -0.15) is 9.78 Å². The Labute approximate surface area is 166 Å². The molecule has 0 fully saturated rings. The molecule has 0 unspecified atom stereocenters. The van der Waals surface area contributed by atoms with Gasteiger partial charge in [0.15, 0.2) is 12.4 Å². The van der Waals surface area contributed by atoms with E-state index in [0.29, 0.717) is 17.4 Å². The molecular weight excluding hydrogens is 408 g/mol. The minimum absolute atomic E-state index is 0.0973. The van der Waals surface area contributed by atoms with Gasteiger partial charge in [-0.05, 0) is 36.4 Å². The Hall–Kier alpha value is -2.67. The Morgan fingerprint density at radius 3 is 2.56 bits per heavy atom. The number of anilines is 1. The first kappa shape index (κ1) is 19.1. The van der Waals surface area contributed by atoms with Crippen LogP contribution in [0.5, 0.6) is 5.75 Å². The number of carbonyl (C=O) groups excluding carboxylic acids is 1. The fourth-order valence-electron chi connectivity index (χ4n) is 2.35. The highest BCUT2D eigenvalue weighted by molar-refractivity contribution is 9.10. The van der Waals surface area contributed by atoms with Crippen molar-refractivity contribution in [3.63, 3.8) is 0 Å². The fourth-order valence-corrected chi connectivity index (χ4v) is 2.61. The topological polar surface area (TPSA) is 69.0 Å². The second kappa shape index (κ2) is 7.92. The quantitative estimate of drug-likeness (QED) is 0.655. The molecule has 0 spiro atoms. The summed E-state index contributed by atoms with van der Waals surface area (Å²) in [6.07, 6.45) is 1.69. The van der Waals surface area contributed by atoms with Crippen molar-refractivity contribution in [3.8, 4) is 11.6 Å². The van der Waals surface area contributed by atoms with Gasteiger partial charge >= 0.3 is 0 Å². The molecule has 7 heteroatoms. The summed E-state index contributed by atoms with van der Waals surface area (Å²) in [6.45, 7) is 6.11. The summed E-state index contributed by atoms with van der Waals surface area (Å²) in [7, 11) is 0. The van der Waals surface area contributed by atoms with Crippen molar-refractivity contribution in [2.45, 2.75) is 26.2 Å². The number of hydrogen-bond donors (Lipinski definition) is 1. The first-order valence-electron chi connectivity index (χ1n) is 8.53. The van der Waals surface area contributed by atoms with Gasteiger partial charge in [0.05, 0.1) is 5.69 Å². The Kier molecular flexibility index (Phi) is 5.60. The van der Waals surface area contributed by atoms with Crippen LogP contribution < -0.4 is 10.1 Å². The van der Waals surface area contributed by atoms with Crippen LogP contribution in [0.4, 0.5) is 5.82 Å². The van der Waals surface area contributed by atoms with Crippen molar-refractivity contribution in [2.75, 3.05) is 11.9 Å². The summed E-state index contributed by atoms with van der Waals surface area (Å²) in [4.78, 5) is 16.7. The van der Waals surface area contributed by atoms with Crippen LogP contribution >= 0.6 is 15.9 Å². The van der Waals surface area contributed by atoms with Gasteiger partial charge in [0.2, 0.25) is 0 Å². The minimum Gasteiger partial charge on any atom is -0.484 e. The lowest BCUT2D eigenvalue weighted by atomic mass is 9.92. The van der Waals surface area contributed by atoms with Crippen LogP contribution in [0, 0.1) is 0 Å². The predicted molar refractivity (Wildman–Crippen MR) is 108 cm³/mol. The molecule has 0 aliphatic carbocycles. The van der Waals surface area contributed by atoms with Crippen molar-refractivity contribution in [1.82, 2.24) is 14.8 Å². The monoisotopic (exact) mass is 428 g/mol. The second-order valence-corrected chi connectivity index (χ2v) is 7.97. The molecule has 1 N–H and O–H groups in total. The number of amides is 1. The van der Waals surface area contributed by atoms with E-state index in [1.165, 1.54) is 0 Å². The van der Waals surface area contributed by atoms with Gasteiger partial charge in [0, 0.05) is 22.2 Å². The third kappa shape index (κ3) is 4.95. The van der Waals surface area contributed by atoms with Crippen molar-refractivity contribution in [1.29, 1.82) is 0 Å². The zero-order chi connectivity index (χ0) is 19.4. The van der Waals surface area contributed by atoms with E-state index in [1.807, 2.05) is 36.4 Å². The molecule has 3 rings (SSSR count). The highest BCUT2D eigenvalue weighted by Crippen LogP contribution is 2.25. The van der Waals surface area contributed by atoms with E-state index in [9.17, 15) is 4.79 Å². The van der Waals surface area contributed by atoms with Crippen LogP contribution in [0.1, 0.15) is 26.5 Å². The van der Waals surface area contributed by atoms with Crippen LogP contribution in [0.2, 0.25) is 0 Å². The van der Waals surface area contributed by atoms with Crippen molar-refractivity contribution >= 4 is 27.7 Å². The van der Waals surface area contributed by atoms with E-state index in [-0.39, 0.29) is 17.9 Å². The second-order valence-electron chi connectivity index (χ2n) is 7.06. The molecule has 27 heavy (non-hydrogen) atoms. The van der Waals surface area contributed by atoms with Crippen LogP contribution in [0.3, 0.4) is 0 Å². The summed E-state index contributed by atoms with van der Waals surface area (Å²) >= 11 is 3.37. The summed E-state index contributed by atoms with van der Waals surface area (Å²) in [5.41, 5.74) is 0.699. The number of aromatic nitrogens is 3. The van der Waals surface area contributed by atoms with E-state index < -0.39 is 0 Å². The minimum atomic E-state index is -0.268. The third-order valence-electron chi connectivity index (χ3n) is 3.80. The lowest BCUT2D eigenvalue weighted by Crippen LogP contribution is -2.22. The summed E-state index contributed by atoms with van der Waals surface area (Å²) in [5, 5.41) is 7.50. The summed E-state index contributed by atoms with van der Waals surface area (Å²) < 4.78 is 8.13. The number of hydrogen-bond acceptors (Lipinski definition) is 4. The number of carbonyl (C=O) groups is 1. The molecule has 0 aliphatic rings. The molecule has 1 aromatic carbocycles. The Morgan fingerprint density at radius 1 is 1.19 bits per heavy atom. The Bertz CT molecular complexity index is 915. The van der Waals surface area contributed by atoms with Gasteiger partial charge in [0.25, 0.3) is 5.91 Å². The molecule has 0 saturated heterocycles. The average molecular weight is 429 g/mol. The van der Waals surface area contributed by atoms with Gasteiger partial charge in [-0.25, -0.2) is 4.98 Å². The average Bonchev–Trinajstić information content (AvgIpc) is 3.06. The molecule has 0 saturated carbocycles. The smallest absolute Gasteiger partial charge is 0.263 e. The van der Waals surface area contributed by atoms with Gasteiger partial charge in [-0.3, -0.25) is 4.79 Å². The third-order valence-corrected chi connectivity index (χ3v) is 4.32. The molecule has 2 aromatic heterocycles. The molecular formula is C20H21BrN4O2. The van der Waals surface area contributed by atoms with Gasteiger partial charge in [-0.1, -0.05) is 42.8 Å². The molecule has 0 radical (unpaired) electrons. The van der Waals surface area contributed by atoms with Crippen LogP contribution in [-0.2, 0) is 10.2 Å². The zero-order valence-electron chi connectivity index (χ0n) is 15.4. The van der Waals surface area contributed by atoms with Crippen molar-refractivity contribution < 1.29 is 9.53 Å². The lowest BCUT2D eigenvalue weighted by molar-refractivity contribution is -0.118. The number of pyridine rings is 1. The molecule has 0 bridgehead atoms. The molecule has 2 heterocycles. The standard InChI is InChI=1S/C20H21BrN4O2/c1-20(2,3)16-12-18(25(24-16)17-6-4-5-11-22-17)23-19(26)13-27-15-9-7-14(21)8-10-15/h4-12H,13H2,1-3H3,(H,23,26). The maximum atomic E-state index is 12.4. The number of nitrogens with one attached hydrogen (secondary N) is 1. The largest absolute Gasteiger partial charge is 0.484 e. The molecule has 0 aliphatic heterocycles. The predicted octanol–water partition coefficient (Wildman–Crippen LogP) is 4.34. The van der Waals surface area contributed by atoms with Gasteiger partial charge < -0.3 is 10.1 Å². The summed E-state index contributed by atoms with van der Waals surface area (Å²) in [5.74, 6) is 1.55. The van der Waals surface area contributed by atoms with E-state index in [1.54, 1.807) is 23.0 Å². The number of ether oxygens (including phenoxy) is 1. The molecule has 6 nitrogen and oxygen atoms in total. The first-order chi connectivity index (χ1) is 12.8. The van der Waals surface area contributed by atoms with Crippen LogP contribution in [0.15, 0.2) is 59.2 Å². The van der Waals surface area contributed by atoms with E-state index >= 15 is 0 Å². The number of rotatable bonds is 5. The van der Waals surface area contributed by atoms with Crippen molar-refractivity contribution in [3.05, 3.63) is 64.9 Å². The highest BCUT2D eigenvalue weighted by atomic mass is 79.9. The first-order valence-corrected chi connectivity index (χ1v) is 9.32. The Morgan fingerprint density at radius 2 is 1.93 bits per heavy atom. The van der Waals surface area contributed by atoms with Crippen LogP contribution in [-0.4, -0.2) is 27.3 Å². The van der Waals surface area contributed by atoms with Crippen molar-refractivity contribution in [2.24, 2.45) is 0 Å². The Balaban J connectivity index is 1.77. The molecule has 0 atom stereocenters.